The minimum atomic E-state index is 0.777. The number of hydrogen-bond acceptors (Lipinski definition) is 3. The molecule has 0 saturated heterocycles. The molecule has 1 heterocycles. The number of aryl methyl sites for hydroxylation is 2. The van der Waals surface area contributed by atoms with Crippen LogP contribution in [0.5, 0.6) is 0 Å². The van der Waals surface area contributed by atoms with Crippen LogP contribution in [0.25, 0.3) is 0 Å². The number of nitrogens with one attached hydrogen (secondary N) is 1. The molecule has 4 nitrogen and oxygen atoms in total. The highest BCUT2D eigenvalue weighted by Gasteiger charge is 2.00. The van der Waals surface area contributed by atoms with Gasteiger partial charge in [0.15, 0.2) is 5.82 Å². The van der Waals surface area contributed by atoms with Crippen LogP contribution < -0.4 is 11.1 Å². The molecule has 0 radical (unpaired) electrons. The summed E-state index contributed by atoms with van der Waals surface area (Å²) in [6.07, 6.45) is 1.90. The van der Waals surface area contributed by atoms with Crippen LogP contribution in [-0.2, 0) is 7.05 Å². The van der Waals surface area contributed by atoms with E-state index in [0.717, 1.165) is 22.8 Å². The molecular weight excluding hydrogens is 188 g/mol. The fourth-order valence-corrected chi connectivity index (χ4v) is 1.45. The van der Waals surface area contributed by atoms with E-state index in [1.165, 1.54) is 0 Å². The van der Waals surface area contributed by atoms with Crippen LogP contribution in [0.1, 0.15) is 5.56 Å². The smallest absolute Gasteiger partial charge is 0.152 e. The Labute approximate surface area is 88.7 Å². The predicted molar refractivity (Wildman–Crippen MR) is 62.1 cm³/mol. The van der Waals surface area contributed by atoms with Gasteiger partial charge in [-0.15, -0.1) is 0 Å². The third kappa shape index (κ3) is 2.10. The molecule has 0 fully saturated rings. The van der Waals surface area contributed by atoms with E-state index in [4.69, 9.17) is 5.73 Å². The van der Waals surface area contributed by atoms with Crippen molar-refractivity contribution in [3.8, 4) is 0 Å². The third-order valence-electron chi connectivity index (χ3n) is 2.23. The lowest BCUT2D eigenvalue weighted by Gasteiger charge is -2.07. The van der Waals surface area contributed by atoms with E-state index in [2.05, 4.69) is 10.4 Å². The summed E-state index contributed by atoms with van der Waals surface area (Å²) in [5.74, 6) is 0.838. The van der Waals surface area contributed by atoms with Crippen LogP contribution >= 0.6 is 0 Å². The number of nitrogens with zero attached hydrogens (tertiary/aromatic N) is 2. The van der Waals surface area contributed by atoms with E-state index in [-0.39, 0.29) is 0 Å². The van der Waals surface area contributed by atoms with Crippen LogP contribution in [0.3, 0.4) is 0 Å². The van der Waals surface area contributed by atoms with Crippen molar-refractivity contribution in [2.75, 3.05) is 11.1 Å². The first-order chi connectivity index (χ1) is 7.15. The average Bonchev–Trinajstić information content (AvgIpc) is 2.56. The summed E-state index contributed by atoms with van der Waals surface area (Å²) in [5, 5.41) is 7.48. The molecular formula is C11H14N4. The van der Waals surface area contributed by atoms with E-state index in [9.17, 15) is 0 Å². The molecule has 0 amide bonds. The number of anilines is 3. The van der Waals surface area contributed by atoms with Crippen molar-refractivity contribution in [2.24, 2.45) is 7.05 Å². The van der Waals surface area contributed by atoms with Crippen molar-refractivity contribution in [1.29, 1.82) is 0 Å². The lowest BCUT2D eigenvalue weighted by atomic mass is 10.2. The van der Waals surface area contributed by atoms with E-state index in [0.29, 0.717) is 0 Å². The van der Waals surface area contributed by atoms with Gasteiger partial charge in [0.2, 0.25) is 0 Å². The third-order valence-corrected chi connectivity index (χ3v) is 2.23. The Hall–Kier alpha value is -1.97. The van der Waals surface area contributed by atoms with Gasteiger partial charge in [0, 0.05) is 30.7 Å². The van der Waals surface area contributed by atoms with Gasteiger partial charge < -0.3 is 11.1 Å². The van der Waals surface area contributed by atoms with Crippen molar-refractivity contribution >= 4 is 17.2 Å². The molecule has 78 valence electrons. The molecule has 0 aliphatic heterocycles. The van der Waals surface area contributed by atoms with Crippen LogP contribution in [-0.4, -0.2) is 9.78 Å². The number of rotatable bonds is 2. The first-order valence-corrected chi connectivity index (χ1v) is 4.78. The molecule has 1 aromatic carbocycles. The maximum absolute atomic E-state index is 5.68. The predicted octanol–water partition coefficient (Wildman–Crippen LogP) is 2.05. The fraction of sp³-hybridized carbons (Fsp3) is 0.182. The maximum atomic E-state index is 5.68. The van der Waals surface area contributed by atoms with E-state index in [1.54, 1.807) is 4.68 Å². The quantitative estimate of drug-likeness (QED) is 0.733. The van der Waals surface area contributed by atoms with Gasteiger partial charge in [-0.3, -0.25) is 4.68 Å². The van der Waals surface area contributed by atoms with Crippen molar-refractivity contribution in [3.05, 3.63) is 36.0 Å². The van der Waals surface area contributed by atoms with Gasteiger partial charge in [0.1, 0.15) is 0 Å². The summed E-state index contributed by atoms with van der Waals surface area (Å²) in [6.45, 7) is 2.02. The molecule has 15 heavy (non-hydrogen) atoms. The lowest BCUT2D eigenvalue weighted by molar-refractivity contribution is 0.771. The van der Waals surface area contributed by atoms with Crippen molar-refractivity contribution in [1.82, 2.24) is 9.78 Å². The Balaban J connectivity index is 2.24. The SMILES string of the molecule is Cc1cc(N)ccc1Nc1ccn(C)n1. The molecule has 4 heteroatoms. The van der Waals surface area contributed by atoms with Gasteiger partial charge in [0.25, 0.3) is 0 Å². The molecule has 0 saturated carbocycles. The first-order valence-electron chi connectivity index (χ1n) is 4.78. The Morgan fingerprint density at radius 1 is 1.33 bits per heavy atom. The van der Waals surface area contributed by atoms with E-state index >= 15 is 0 Å². The molecule has 0 bridgehead atoms. The highest BCUT2D eigenvalue weighted by Crippen LogP contribution is 2.20. The molecule has 1 aromatic heterocycles. The zero-order valence-corrected chi connectivity index (χ0v) is 8.86. The summed E-state index contributed by atoms with van der Waals surface area (Å²) < 4.78 is 1.76. The van der Waals surface area contributed by atoms with Crippen molar-refractivity contribution in [3.63, 3.8) is 0 Å². The number of hydrogen-bond donors (Lipinski definition) is 2. The molecule has 0 atom stereocenters. The molecule has 2 rings (SSSR count). The van der Waals surface area contributed by atoms with Gasteiger partial charge in [0.05, 0.1) is 0 Å². The summed E-state index contributed by atoms with van der Waals surface area (Å²) in [5.41, 5.74) is 8.60. The number of nitrogens with two attached hydrogens (primary N) is 1. The summed E-state index contributed by atoms with van der Waals surface area (Å²) in [7, 11) is 1.89. The Morgan fingerprint density at radius 2 is 2.13 bits per heavy atom. The Bertz CT molecular complexity index is 473. The van der Waals surface area contributed by atoms with Crippen LogP contribution in [0, 0.1) is 6.92 Å². The summed E-state index contributed by atoms with van der Waals surface area (Å²) in [6, 6.07) is 7.69. The molecule has 0 spiro atoms. The molecule has 0 aliphatic carbocycles. The lowest BCUT2D eigenvalue weighted by Crippen LogP contribution is -1.96. The maximum Gasteiger partial charge on any atom is 0.152 e. The molecule has 3 N–H and O–H groups in total. The zero-order valence-electron chi connectivity index (χ0n) is 8.86. The molecule has 0 aliphatic rings. The van der Waals surface area contributed by atoms with Gasteiger partial charge >= 0.3 is 0 Å². The van der Waals surface area contributed by atoms with Crippen molar-refractivity contribution < 1.29 is 0 Å². The van der Waals surface area contributed by atoms with Crippen LogP contribution in [0.4, 0.5) is 17.2 Å². The largest absolute Gasteiger partial charge is 0.399 e. The van der Waals surface area contributed by atoms with E-state index in [1.807, 2.05) is 44.4 Å². The highest BCUT2D eigenvalue weighted by molar-refractivity contribution is 5.63. The second kappa shape index (κ2) is 3.65. The highest BCUT2D eigenvalue weighted by atomic mass is 15.3. The normalized spacial score (nSPS) is 10.3. The second-order valence-corrected chi connectivity index (χ2v) is 3.57. The first kappa shape index (κ1) is 9.58. The van der Waals surface area contributed by atoms with E-state index < -0.39 is 0 Å². The van der Waals surface area contributed by atoms with Crippen LogP contribution in [0.2, 0.25) is 0 Å². The van der Waals surface area contributed by atoms with Gasteiger partial charge in [-0.1, -0.05) is 0 Å². The number of aromatic nitrogens is 2. The minimum Gasteiger partial charge on any atom is -0.399 e. The summed E-state index contributed by atoms with van der Waals surface area (Å²) in [4.78, 5) is 0. The van der Waals surface area contributed by atoms with Gasteiger partial charge in [-0.25, -0.2) is 0 Å². The summed E-state index contributed by atoms with van der Waals surface area (Å²) >= 11 is 0. The van der Waals surface area contributed by atoms with Crippen LogP contribution in [0.15, 0.2) is 30.5 Å². The second-order valence-electron chi connectivity index (χ2n) is 3.57. The molecule has 0 unspecified atom stereocenters. The topological polar surface area (TPSA) is 55.9 Å². The zero-order chi connectivity index (χ0) is 10.8. The van der Waals surface area contributed by atoms with Gasteiger partial charge in [-0.2, -0.15) is 5.10 Å². The van der Waals surface area contributed by atoms with Gasteiger partial charge in [-0.05, 0) is 30.7 Å². The standard InChI is InChI=1S/C11H14N4/c1-8-7-9(12)3-4-10(8)13-11-5-6-15(2)14-11/h3-7H,12H2,1-2H3,(H,13,14). The van der Waals surface area contributed by atoms with Crippen molar-refractivity contribution in [2.45, 2.75) is 6.92 Å². The fourth-order valence-electron chi connectivity index (χ4n) is 1.45. The average molecular weight is 202 g/mol. The Morgan fingerprint density at radius 3 is 2.73 bits per heavy atom. The Kier molecular flexibility index (Phi) is 2.33. The minimum absolute atomic E-state index is 0.777. The molecule has 2 aromatic rings. The monoisotopic (exact) mass is 202 g/mol. The number of benzene rings is 1. The number of nitrogen functional groups attached to an aromatic ring is 1.